The molecule has 0 fully saturated rings. The summed E-state index contributed by atoms with van der Waals surface area (Å²) in [6.45, 7) is 2.00. The maximum absolute atomic E-state index is 12.2. The van der Waals surface area contributed by atoms with Gasteiger partial charge < -0.3 is 10.0 Å². The molecule has 1 N–H and O–H groups in total. The van der Waals surface area contributed by atoms with E-state index in [0.29, 0.717) is 11.4 Å². The first-order valence-corrected chi connectivity index (χ1v) is 7.06. The summed E-state index contributed by atoms with van der Waals surface area (Å²) < 4.78 is 0. The topological polar surface area (TPSA) is 57.6 Å². The second-order valence-corrected chi connectivity index (χ2v) is 5.62. The van der Waals surface area contributed by atoms with Crippen molar-refractivity contribution in [3.63, 3.8) is 0 Å². The fourth-order valence-electron chi connectivity index (χ4n) is 2.24. The van der Waals surface area contributed by atoms with Gasteiger partial charge in [-0.3, -0.25) is 9.59 Å². The van der Waals surface area contributed by atoms with Crippen LogP contribution in [0.4, 0.5) is 0 Å². The minimum Gasteiger partial charge on any atom is -0.480 e. The second-order valence-electron chi connectivity index (χ2n) is 4.48. The quantitative estimate of drug-likeness (QED) is 0.909. The fraction of sp³-hybridized carbons (Fsp3) is 0.538. The number of rotatable bonds is 4. The van der Waals surface area contributed by atoms with Gasteiger partial charge in [-0.05, 0) is 44.2 Å². The number of amides is 1. The molecular formula is C13H17NO3S. The molecule has 0 atom stereocenters. The number of aryl methyl sites for hydroxylation is 2. The van der Waals surface area contributed by atoms with Crippen molar-refractivity contribution in [3.05, 3.63) is 21.4 Å². The first-order chi connectivity index (χ1) is 8.61. The molecular weight excluding hydrogens is 250 g/mol. The Morgan fingerprint density at radius 2 is 2.11 bits per heavy atom. The summed E-state index contributed by atoms with van der Waals surface area (Å²) in [5.41, 5.74) is 1.28. The largest absolute Gasteiger partial charge is 0.480 e. The van der Waals surface area contributed by atoms with Gasteiger partial charge in [0.15, 0.2) is 0 Å². The number of aliphatic carboxylic acids is 1. The van der Waals surface area contributed by atoms with Gasteiger partial charge in [-0.25, -0.2) is 0 Å². The van der Waals surface area contributed by atoms with Crippen LogP contribution in [-0.4, -0.2) is 35.0 Å². The van der Waals surface area contributed by atoms with Gasteiger partial charge in [0.25, 0.3) is 5.91 Å². The molecule has 0 bridgehead atoms. The van der Waals surface area contributed by atoms with Crippen LogP contribution in [-0.2, 0) is 17.6 Å². The Hall–Kier alpha value is -1.36. The Labute approximate surface area is 110 Å². The van der Waals surface area contributed by atoms with Crippen LogP contribution in [0.15, 0.2) is 6.07 Å². The van der Waals surface area contributed by atoms with E-state index in [1.54, 1.807) is 6.92 Å². The van der Waals surface area contributed by atoms with Crippen LogP contribution in [0.1, 0.15) is 39.9 Å². The zero-order valence-corrected chi connectivity index (χ0v) is 11.3. The highest BCUT2D eigenvalue weighted by atomic mass is 32.1. The Kier molecular flexibility index (Phi) is 4.01. The Morgan fingerprint density at radius 3 is 2.72 bits per heavy atom. The van der Waals surface area contributed by atoms with E-state index in [4.69, 9.17) is 5.11 Å². The third kappa shape index (κ3) is 2.72. The summed E-state index contributed by atoms with van der Waals surface area (Å²) in [5, 5.41) is 8.78. The molecule has 1 aliphatic rings. The molecule has 1 aromatic heterocycles. The highest BCUT2D eigenvalue weighted by molar-refractivity contribution is 7.14. The smallest absolute Gasteiger partial charge is 0.323 e. The van der Waals surface area contributed by atoms with Crippen molar-refractivity contribution in [2.24, 2.45) is 0 Å². The molecule has 1 heterocycles. The van der Waals surface area contributed by atoms with Crippen LogP contribution in [0.5, 0.6) is 0 Å². The maximum atomic E-state index is 12.2. The van der Waals surface area contributed by atoms with Crippen LogP contribution in [0.2, 0.25) is 0 Å². The zero-order valence-electron chi connectivity index (χ0n) is 10.4. The molecule has 0 saturated heterocycles. The first-order valence-electron chi connectivity index (χ1n) is 6.24. The highest BCUT2D eigenvalue weighted by Gasteiger charge is 2.21. The molecule has 2 rings (SSSR count). The van der Waals surface area contributed by atoms with Crippen molar-refractivity contribution in [1.29, 1.82) is 0 Å². The standard InChI is InChI=1S/C13H17NO3S/c1-2-14(8-12(15)16)13(17)11-7-9-5-3-4-6-10(9)18-11/h7H,2-6,8H2,1H3,(H,15,16). The van der Waals surface area contributed by atoms with Crippen molar-refractivity contribution in [2.75, 3.05) is 13.1 Å². The lowest BCUT2D eigenvalue weighted by Crippen LogP contribution is -2.34. The van der Waals surface area contributed by atoms with E-state index in [-0.39, 0.29) is 12.5 Å². The van der Waals surface area contributed by atoms with Crippen molar-refractivity contribution in [1.82, 2.24) is 4.90 Å². The van der Waals surface area contributed by atoms with E-state index >= 15 is 0 Å². The maximum Gasteiger partial charge on any atom is 0.323 e. The predicted molar refractivity (Wildman–Crippen MR) is 70.2 cm³/mol. The minimum absolute atomic E-state index is 0.153. The van der Waals surface area contributed by atoms with Gasteiger partial charge in [0.1, 0.15) is 6.54 Å². The SMILES string of the molecule is CCN(CC(=O)O)C(=O)c1cc2c(s1)CCCC2. The number of likely N-dealkylation sites (N-methyl/N-ethyl adjacent to an activating group) is 1. The Balaban J connectivity index is 2.16. The van der Waals surface area contributed by atoms with Gasteiger partial charge in [0, 0.05) is 11.4 Å². The lowest BCUT2D eigenvalue weighted by Gasteiger charge is -2.17. The van der Waals surface area contributed by atoms with E-state index in [2.05, 4.69) is 0 Å². The molecule has 1 aliphatic carbocycles. The molecule has 18 heavy (non-hydrogen) atoms. The van der Waals surface area contributed by atoms with Crippen molar-refractivity contribution in [3.8, 4) is 0 Å². The number of carbonyl (C=O) groups excluding carboxylic acids is 1. The summed E-state index contributed by atoms with van der Waals surface area (Å²) in [6.07, 6.45) is 4.47. The molecule has 0 aliphatic heterocycles. The number of carbonyl (C=O) groups is 2. The summed E-state index contributed by atoms with van der Waals surface area (Å²) in [7, 11) is 0. The first kappa shape index (κ1) is 13.1. The lowest BCUT2D eigenvalue weighted by molar-refractivity contribution is -0.137. The average molecular weight is 267 g/mol. The average Bonchev–Trinajstić information content (AvgIpc) is 2.78. The van der Waals surface area contributed by atoms with E-state index in [1.165, 1.54) is 39.5 Å². The van der Waals surface area contributed by atoms with Crippen LogP contribution < -0.4 is 0 Å². The summed E-state index contributed by atoms with van der Waals surface area (Å²) in [5.74, 6) is -1.12. The van der Waals surface area contributed by atoms with Crippen molar-refractivity contribution in [2.45, 2.75) is 32.6 Å². The number of hydrogen-bond donors (Lipinski definition) is 1. The number of thiophene rings is 1. The van der Waals surface area contributed by atoms with E-state index < -0.39 is 5.97 Å². The van der Waals surface area contributed by atoms with Crippen LogP contribution in [0.25, 0.3) is 0 Å². The van der Waals surface area contributed by atoms with E-state index in [9.17, 15) is 9.59 Å². The molecule has 0 saturated carbocycles. The Morgan fingerprint density at radius 1 is 1.39 bits per heavy atom. The van der Waals surface area contributed by atoms with Gasteiger partial charge in [-0.1, -0.05) is 0 Å². The summed E-state index contributed by atoms with van der Waals surface area (Å²) in [6, 6.07) is 1.95. The third-order valence-electron chi connectivity index (χ3n) is 3.20. The van der Waals surface area contributed by atoms with Crippen molar-refractivity contribution < 1.29 is 14.7 Å². The lowest BCUT2D eigenvalue weighted by atomic mass is 9.99. The van der Waals surface area contributed by atoms with E-state index in [0.717, 1.165) is 12.8 Å². The number of carboxylic acids is 1. The molecule has 0 spiro atoms. The zero-order chi connectivity index (χ0) is 13.1. The number of carboxylic acid groups (broad SMARTS) is 1. The second kappa shape index (κ2) is 5.52. The predicted octanol–water partition coefficient (Wildman–Crippen LogP) is 2.17. The highest BCUT2D eigenvalue weighted by Crippen LogP contribution is 2.30. The molecule has 0 aromatic carbocycles. The van der Waals surface area contributed by atoms with Crippen molar-refractivity contribution >= 4 is 23.2 Å². The molecule has 5 heteroatoms. The number of nitrogens with zero attached hydrogens (tertiary/aromatic N) is 1. The van der Waals surface area contributed by atoms with Gasteiger partial charge in [0.05, 0.1) is 4.88 Å². The Bertz CT molecular complexity index is 443. The molecule has 1 amide bonds. The molecule has 98 valence electrons. The summed E-state index contributed by atoms with van der Waals surface area (Å²) >= 11 is 1.53. The van der Waals surface area contributed by atoms with Crippen LogP contribution in [0.3, 0.4) is 0 Å². The van der Waals surface area contributed by atoms with Crippen LogP contribution in [0, 0.1) is 0 Å². The monoisotopic (exact) mass is 267 g/mol. The van der Waals surface area contributed by atoms with Gasteiger partial charge in [0.2, 0.25) is 0 Å². The molecule has 4 nitrogen and oxygen atoms in total. The molecule has 1 aromatic rings. The molecule has 0 radical (unpaired) electrons. The number of fused-ring (bicyclic) bond motifs is 1. The van der Waals surface area contributed by atoms with Gasteiger partial charge in [-0.15, -0.1) is 11.3 Å². The third-order valence-corrected chi connectivity index (χ3v) is 4.43. The number of hydrogen-bond acceptors (Lipinski definition) is 3. The van der Waals surface area contributed by atoms with E-state index in [1.807, 2.05) is 6.07 Å². The minimum atomic E-state index is -0.966. The van der Waals surface area contributed by atoms with Gasteiger partial charge >= 0.3 is 5.97 Å². The van der Waals surface area contributed by atoms with Gasteiger partial charge in [-0.2, -0.15) is 0 Å². The fourth-order valence-corrected chi connectivity index (χ4v) is 3.46. The van der Waals surface area contributed by atoms with Crippen LogP contribution >= 0.6 is 11.3 Å². The molecule has 0 unspecified atom stereocenters. The summed E-state index contributed by atoms with van der Waals surface area (Å²) in [4.78, 5) is 26.3. The normalized spacial score (nSPS) is 14.1.